The zero-order valence-electron chi connectivity index (χ0n) is 13.6. The average molecular weight is 377 g/mol. The zero-order chi connectivity index (χ0) is 18.0. The second-order valence-corrected chi connectivity index (χ2v) is 7.49. The normalized spacial score (nSPS) is 16.0. The SMILES string of the molecule is C[C@](C#N)(NC(=O)CSc1nnc(-c2cccc(Cl)c2)n1N)C1CC1. The fourth-order valence-electron chi connectivity index (χ4n) is 2.54. The zero-order valence-corrected chi connectivity index (χ0v) is 15.1. The summed E-state index contributed by atoms with van der Waals surface area (Å²) >= 11 is 7.15. The smallest absolute Gasteiger partial charge is 0.231 e. The Kier molecular flexibility index (Phi) is 4.88. The Labute approximate surface area is 154 Å². The van der Waals surface area contributed by atoms with E-state index in [0.29, 0.717) is 16.0 Å². The fourth-order valence-corrected chi connectivity index (χ4v) is 3.38. The first-order chi connectivity index (χ1) is 11.9. The van der Waals surface area contributed by atoms with Gasteiger partial charge in [0, 0.05) is 10.6 Å². The second-order valence-electron chi connectivity index (χ2n) is 6.11. The van der Waals surface area contributed by atoms with Crippen molar-refractivity contribution in [2.24, 2.45) is 5.92 Å². The number of rotatable bonds is 6. The van der Waals surface area contributed by atoms with E-state index in [2.05, 4.69) is 21.6 Å². The van der Waals surface area contributed by atoms with Crippen LogP contribution in [0.5, 0.6) is 0 Å². The van der Waals surface area contributed by atoms with Crippen molar-refractivity contribution in [2.75, 3.05) is 11.6 Å². The van der Waals surface area contributed by atoms with Gasteiger partial charge >= 0.3 is 0 Å². The summed E-state index contributed by atoms with van der Waals surface area (Å²) in [5, 5.41) is 21.2. The average Bonchev–Trinajstić information content (AvgIpc) is 3.38. The molecule has 3 N–H and O–H groups in total. The molecule has 7 nitrogen and oxygen atoms in total. The van der Waals surface area contributed by atoms with Crippen molar-refractivity contribution in [3.63, 3.8) is 0 Å². The van der Waals surface area contributed by atoms with Gasteiger partial charge in [-0.3, -0.25) is 4.79 Å². The van der Waals surface area contributed by atoms with Crippen LogP contribution < -0.4 is 11.2 Å². The van der Waals surface area contributed by atoms with Crippen molar-refractivity contribution in [2.45, 2.75) is 30.5 Å². The van der Waals surface area contributed by atoms with Crippen LogP contribution in [0.3, 0.4) is 0 Å². The third-order valence-corrected chi connectivity index (χ3v) is 5.28. The van der Waals surface area contributed by atoms with Crippen molar-refractivity contribution < 1.29 is 4.79 Å². The molecule has 25 heavy (non-hydrogen) atoms. The number of nitrogens with one attached hydrogen (secondary N) is 1. The van der Waals surface area contributed by atoms with Crippen LogP contribution in [0, 0.1) is 17.2 Å². The van der Waals surface area contributed by atoms with E-state index in [1.165, 1.54) is 16.4 Å². The number of aromatic nitrogens is 3. The van der Waals surface area contributed by atoms with Crippen LogP contribution in [-0.2, 0) is 4.79 Å². The molecule has 0 radical (unpaired) electrons. The van der Waals surface area contributed by atoms with Crippen LogP contribution in [0.4, 0.5) is 0 Å². The summed E-state index contributed by atoms with van der Waals surface area (Å²) in [5.41, 5.74) is -0.0652. The Balaban J connectivity index is 1.64. The quantitative estimate of drug-likeness (QED) is 0.590. The van der Waals surface area contributed by atoms with E-state index in [-0.39, 0.29) is 17.6 Å². The van der Waals surface area contributed by atoms with Gasteiger partial charge in [0.2, 0.25) is 11.1 Å². The summed E-state index contributed by atoms with van der Waals surface area (Å²) in [6, 6.07) is 9.33. The van der Waals surface area contributed by atoms with E-state index in [0.717, 1.165) is 18.4 Å². The highest BCUT2D eigenvalue weighted by Gasteiger charge is 2.42. The molecule has 1 fully saturated rings. The van der Waals surface area contributed by atoms with E-state index < -0.39 is 5.54 Å². The van der Waals surface area contributed by atoms with Crippen LogP contribution in [0.1, 0.15) is 19.8 Å². The summed E-state index contributed by atoms with van der Waals surface area (Å²) in [6.45, 7) is 1.76. The van der Waals surface area contributed by atoms with Gasteiger partial charge in [0.25, 0.3) is 0 Å². The topological polar surface area (TPSA) is 110 Å². The Hall–Kier alpha value is -2.24. The summed E-state index contributed by atoms with van der Waals surface area (Å²) in [7, 11) is 0. The molecule has 1 heterocycles. The molecule has 1 aromatic carbocycles. The number of nitrogen functional groups attached to an aromatic ring is 1. The standard InChI is InChI=1S/C16H17ClN6OS/c1-16(9-18,11-5-6-11)20-13(24)8-25-15-22-21-14(23(15)19)10-3-2-4-12(17)7-10/h2-4,7,11H,5-6,8,19H2,1H3,(H,20,24)/t16-/m1/s1. The molecule has 1 amide bonds. The van der Waals surface area contributed by atoms with Gasteiger partial charge in [-0.2, -0.15) is 5.26 Å². The number of thioether (sulfide) groups is 1. The van der Waals surface area contributed by atoms with Crippen LogP contribution in [0.2, 0.25) is 5.02 Å². The first-order valence-electron chi connectivity index (χ1n) is 7.74. The van der Waals surface area contributed by atoms with E-state index in [9.17, 15) is 10.1 Å². The Bertz CT molecular complexity index is 843. The molecule has 0 aliphatic heterocycles. The Morgan fingerprint density at radius 3 is 2.96 bits per heavy atom. The van der Waals surface area contributed by atoms with Crippen LogP contribution in [0.25, 0.3) is 11.4 Å². The molecule has 0 unspecified atom stereocenters. The molecule has 1 aromatic heterocycles. The number of hydrogen-bond acceptors (Lipinski definition) is 6. The first kappa shape index (κ1) is 17.6. The number of halogens is 1. The fraction of sp³-hybridized carbons (Fsp3) is 0.375. The van der Waals surface area contributed by atoms with E-state index in [1.807, 2.05) is 6.07 Å². The second kappa shape index (κ2) is 6.94. The predicted octanol–water partition coefficient (Wildman–Crippen LogP) is 2.21. The minimum absolute atomic E-state index is 0.106. The maximum atomic E-state index is 12.2. The molecule has 0 bridgehead atoms. The van der Waals surface area contributed by atoms with Gasteiger partial charge in [-0.1, -0.05) is 35.5 Å². The van der Waals surface area contributed by atoms with Gasteiger partial charge in [-0.15, -0.1) is 10.2 Å². The molecule has 130 valence electrons. The van der Waals surface area contributed by atoms with Crippen molar-refractivity contribution >= 4 is 29.3 Å². The van der Waals surface area contributed by atoms with Crippen LogP contribution >= 0.6 is 23.4 Å². The summed E-state index contributed by atoms with van der Waals surface area (Å²) in [4.78, 5) is 12.2. The molecule has 0 spiro atoms. The van der Waals surface area contributed by atoms with Gasteiger partial charge in [-0.05, 0) is 37.8 Å². The number of benzene rings is 1. The summed E-state index contributed by atoms with van der Waals surface area (Å²) in [6.07, 6.45) is 1.94. The highest BCUT2D eigenvalue weighted by molar-refractivity contribution is 7.99. The van der Waals surface area contributed by atoms with Crippen molar-refractivity contribution in [1.82, 2.24) is 20.2 Å². The summed E-state index contributed by atoms with van der Waals surface area (Å²) in [5.74, 6) is 6.60. The van der Waals surface area contributed by atoms with Crippen molar-refractivity contribution in [3.05, 3.63) is 29.3 Å². The highest BCUT2D eigenvalue weighted by Crippen LogP contribution is 2.39. The first-order valence-corrected chi connectivity index (χ1v) is 9.11. The minimum Gasteiger partial charge on any atom is -0.337 e. The van der Waals surface area contributed by atoms with Gasteiger partial charge in [0.1, 0.15) is 5.54 Å². The number of carbonyl (C=O) groups excluding carboxylic acids is 1. The molecule has 1 atom stereocenters. The number of carbonyl (C=O) groups is 1. The molecule has 1 saturated carbocycles. The number of amides is 1. The summed E-state index contributed by atoms with van der Waals surface area (Å²) < 4.78 is 1.33. The lowest BCUT2D eigenvalue weighted by atomic mass is 9.98. The van der Waals surface area contributed by atoms with Gasteiger partial charge in [0.05, 0.1) is 11.8 Å². The Morgan fingerprint density at radius 2 is 2.32 bits per heavy atom. The number of nitrogens with zero attached hydrogens (tertiary/aromatic N) is 4. The molecular weight excluding hydrogens is 360 g/mol. The van der Waals surface area contributed by atoms with Gasteiger partial charge < -0.3 is 11.2 Å². The largest absolute Gasteiger partial charge is 0.337 e. The number of nitrogens with two attached hydrogens (primary N) is 1. The lowest BCUT2D eigenvalue weighted by molar-refractivity contribution is -0.119. The van der Waals surface area contributed by atoms with Crippen LogP contribution in [0.15, 0.2) is 29.4 Å². The lowest BCUT2D eigenvalue weighted by Crippen LogP contribution is -2.47. The van der Waals surface area contributed by atoms with Crippen LogP contribution in [-0.4, -0.2) is 32.1 Å². The van der Waals surface area contributed by atoms with Gasteiger partial charge in [0.15, 0.2) is 5.82 Å². The lowest BCUT2D eigenvalue weighted by Gasteiger charge is -2.22. The molecule has 3 rings (SSSR count). The third kappa shape index (κ3) is 3.89. The maximum absolute atomic E-state index is 12.2. The molecular formula is C16H17ClN6OS. The molecule has 1 aliphatic rings. The molecule has 1 aliphatic carbocycles. The maximum Gasteiger partial charge on any atom is 0.231 e. The minimum atomic E-state index is -0.806. The molecule has 2 aromatic rings. The monoisotopic (exact) mass is 376 g/mol. The Morgan fingerprint density at radius 1 is 1.56 bits per heavy atom. The molecule has 0 saturated heterocycles. The molecule has 9 heteroatoms. The van der Waals surface area contributed by atoms with E-state index in [4.69, 9.17) is 17.4 Å². The number of hydrogen-bond donors (Lipinski definition) is 2. The predicted molar refractivity (Wildman–Crippen MR) is 96.2 cm³/mol. The number of nitriles is 1. The third-order valence-electron chi connectivity index (χ3n) is 4.10. The van der Waals surface area contributed by atoms with E-state index >= 15 is 0 Å². The highest BCUT2D eigenvalue weighted by atomic mass is 35.5. The van der Waals surface area contributed by atoms with Gasteiger partial charge in [-0.25, -0.2) is 4.68 Å². The van der Waals surface area contributed by atoms with Crippen molar-refractivity contribution in [3.8, 4) is 17.5 Å². The van der Waals surface area contributed by atoms with E-state index in [1.54, 1.807) is 25.1 Å². The van der Waals surface area contributed by atoms with Crippen molar-refractivity contribution in [1.29, 1.82) is 5.26 Å².